The first kappa shape index (κ1) is 22.5. The minimum atomic E-state index is -4.45. The van der Waals surface area contributed by atoms with Crippen LogP contribution in [0.15, 0.2) is 72.9 Å². The molecule has 32 heavy (non-hydrogen) atoms. The topological polar surface area (TPSA) is 88.5 Å². The molecular formula is C23H17F3N2O4. The standard InChI is InChI=1S/C23H17F3N2O4/c1-14(12-21(29)30)15-2-9-19(10-3-15)32-20-11-4-16(13-27-20)22(31)28-18-7-5-17(6-8-18)23(24,25)26/h2-13H,1H3,(H,28,31)(H,29,30). The highest BCUT2D eigenvalue weighted by Crippen LogP contribution is 2.30. The summed E-state index contributed by atoms with van der Waals surface area (Å²) in [6.45, 7) is 1.68. The van der Waals surface area contributed by atoms with Gasteiger partial charge in [0.1, 0.15) is 5.75 Å². The van der Waals surface area contributed by atoms with Gasteiger partial charge in [-0.25, -0.2) is 9.78 Å². The normalized spacial score (nSPS) is 11.7. The molecule has 0 spiro atoms. The second-order valence-electron chi connectivity index (χ2n) is 6.71. The molecule has 164 valence electrons. The third kappa shape index (κ3) is 5.94. The zero-order valence-corrected chi connectivity index (χ0v) is 16.7. The lowest BCUT2D eigenvalue weighted by Crippen LogP contribution is -2.12. The largest absolute Gasteiger partial charge is 0.478 e. The average molecular weight is 442 g/mol. The maximum Gasteiger partial charge on any atom is 0.416 e. The molecule has 1 amide bonds. The molecule has 0 saturated carbocycles. The second-order valence-corrected chi connectivity index (χ2v) is 6.71. The number of nitrogens with one attached hydrogen (secondary N) is 1. The Hall–Kier alpha value is -4.14. The van der Waals surface area contributed by atoms with Gasteiger partial charge in [0, 0.05) is 24.0 Å². The van der Waals surface area contributed by atoms with Crippen molar-refractivity contribution in [2.75, 3.05) is 5.32 Å². The lowest BCUT2D eigenvalue weighted by Gasteiger charge is -2.09. The van der Waals surface area contributed by atoms with Crippen LogP contribution < -0.4 is 10.1 Å². The van der Waals surface area contributed by atoms with E-state index in [2.05, 4.69) is 10.3 Å². The van der Waals surface area contributed by atoms with Crippen LogP contribution >= 0.6 is 0 Å². The van der Waals surface area contributed by atoms with E-state index in [4.69, 9.17) is 9.84 Å². The molecule has 0 bridgehead atoms. The van der Waals surface area contributed by atoms with Crippen LogP contribution in [0.1, 0.15) is 28.4 Å². The number of amides is 1. The van der Waals surface area contributed by atoms with Gasteiger partial charge in [-0.2, -0.15) is 13.2 Å². The van der Waals surface area contributed by atoms with E-state index in [-0.39, 0.29) is 17.1 Å². The lowest BCUT2D eigenvalue weighted by atomic mass is 10.1. The number of pyridine rings is 1. The number of hydrogen-bond donors (Lipinski definition) is 2. The number of allylic oxidation sites excluding steroid dienone is 1. The van der Waals surface area contributed by atoms with Crippen molar-refractivity contribution in [2.24, 2.45) is 0 Å². The monoisotopic (exact) mass is 442 g/mol. The Balaban J connectivity index is 1.62. The fourth-order valence-electron chi connectivity index (χ4n) is 2.70. The molecule has 2 aromatic carbocycles. The van der Waals surface area contributed by atoms with E-state index >= 15 is 0 Å². The number of carboxylic acids is 1. The highest BCUT2D eigenvalue weighted by Gasteiger charge is 2.30. The van der Waals surface area contributed by atoms with Crippen LogP contribution in [0.4, 0.5) is 18.9 Å². The van der Waals surface area contributed by atoms with E-state index in [1.165, 1.54) is 30.5 Å². The minimum absolute atomic E-state index is 0.196. The number of aromatic nitrogens is 1. The maximum atomic E-state index is 12.6. The van der Waals surface area contributed by atoms with Crippen molar-refractivity contribution in [1.29, 1.82) is 0 Å². The fourth-order valence-corrected chi connectivity index (χ4v) is 2.70. The van der Waals surface area contributed by atoms with Crippen LogP contribution in [0.25, 0.3) is 5.57 Å². The maximum absolute atomic E-state index is 12.6. The summed E-state index contributed by atoms with van der Waals surface area (Å²) in [5.41, 5.74) is 0.922. The molecule has 1 aromatic heterocycles. The van der Waals surface area contributed by atoms with Crippen molar-refractivity contribution in [3.8, 4) is 11.6 Å². The average Bonchev–Trinajstić information content (AvgIpc) is 2.74. The molecule has 0 aliphatic rings. The lowest BCUT2D eigenvalue weighted by molar-refractivity contribution is -0.137. The fraction of sp³-hybridized carbons (Fsp3) is 0.0870. The molecule has 0 atom stereocenters. The van der Waals surface area contributed by atoms with Crippen molar-refractivity contribution in [3.05, 3.63) is 89.6 Å². The van der Waals surface area contributed by atoms with Gasteiger partial charge in [0.15, 0.2) is 0 Å². The Labute approximate surface area is 181 Å². The Bertz CT molecular complexity index is 1140. The number of carboxylic acid groups (broad SMARTS) is 1. The van der Waals surface area contributed by atoms with Gasteiger partial charge in [-0.1, -0.05) is 12.1 Å². The smallest absolute Gasteiger partial charge is 0.416 e. The highest BCUT2D eigenvalue weighted by atomic mass is 19.4. The highest BCUT2D eigenvalue weighted by molar-refractivity contribution is 6.04. The predicted octanol–water partition coefficient (Wildman–Crippen LogP) is 5.63. The third-order valence-electron chi connectivity index (χ3n) is 4.34. The van der Waals surface area contributed by atoms with Gasteiger partial charge >= 0.3 is 12.1 Å². The Kier molecular flexibility index (Phi) is 6.58. The second kappa shape index (κ2) is 9.34. The van der Waals surface area contributed by atoms with Crippen molar-refractivity contribution in [2.45, 2.75) is 13.1 Å². The van der Waals surface area contributed by atoms with E-state index in [1.54, 1.807) is 31.2 Å². The van der Waals surface area contributed by atoms with Gasteiger partial charge in [-0.05, 0) is 60.5 Å². The minimum Gasteiger partial charge on any atom is -0.478 e. The Morgan fingerprint density at radius 2 is 1.59 bits per heavy atom. The molecule has 3 rings (SSSR count). The third-order valence-corrected chi connectivity index (χ3v) is 4.34. The van der Waals surface area contributed by atoms with Crippen molar-refractivity contribution >= 4 is 23.1 Å². The van der Waals surface area contributed by atoms with Gasteiger partial charge in [0.05, 0.1) is 11.1 Å². The quantitative estimate of drug-likeness (QED) is 0.483. The number of carbonyl (C=O) groups is 2. The molecule has 9 heteroatoms. The number of nitrogens with zero attached hydrogens (tertiary/aromatic N) is 1. The Morgan fingerprint density at radius 3 is 2.12 bits per heavy atom. The summed E-state index contributed by atoms with van der Waals surface area (Å²) in [5.74, 6) is -0.878. The number of halogens is 3. The van der Waals surface area contributed by atoms with Crippen LogP contribution in [-0.2, 0) is 11.0 Å². The van der Waals surface area contributed by atoms with Gasteiger partial charge in [-0.3, -0.25) is 4.79 Å². The van der Waals surface area contributed by atoms with E-state index in [1.807, 2.05) is 0 Å². The van der Waals surface area contributed by atoms with E-state index in [9.17, 15) is 22.8 Å². The van der Waals surface area contributed by atoms with Crippen LogP contribution in [0.3, 0.4) is 0 Å². The molecule has 1 heterocycles. The number of alkyl halides is 3. The number of carbonyl (C=O) groups excluding carboxylic acids is 1. The van der Waals surface area contributed by atoms with Crippen LogP contribution in [0.2, 0.25) is 0 Å². The number of ether oxygens (including phenoxy) is 1. The van der Waals surface area contributed by atoms with Gasteiger partial charge in [0.2, 0.25) is 5.88 Å². The van der Waals surface area contributed by atoms with E-state index in [0.29, 0.717) is 11.3 Å². The molecule has 6 nitrogen and oxygen atoms in total. The summed E-state index contributed by atoms with van der Waals surface area (Å²) < 4.78 is 43.4. The van der Waals surface area contributed by atoms with Crippen molar-refractivity contribution in [3.63, 3.8) is 0 Å². The SMILES string of the molecule is CC(=CC(=O)O)c1ccc(Oc2ccc(C(=O)Nc3ccc(C(F)(F)F)cc3)cn2)cc1. The molecule has 0 aliphatic heterocycles. The summed E-state index contributed by atoms with van der Waals surface area (Å²) in [5, 5.41) is 11.3. The zero-order valence-electron chi connectivity index (χ0n) is 16.7. The summed E-state index contributed by atoms with van der Waals surface area (Å²) in [7, 11) is 0. The Morgan fingerprint density at radius 1 is 0.969 bits per heavy atom. The number of benzene rings is 2. The first-order valence-electron chi connectivity index (χ1n) is 9.26. The first-order valence-corrected chi connectivity index (χ1v) is 9.26. The molecule has 0 radical (unpaired) electrons. The first-order chi connectivity index (χ1) is 15.1. The summed E-state index contributed by atoms with van der Waals surface area (Å²) >= 11 is 0. The van der Waals surface area contributed by atoms with E-state index in [0.717, 1.165) is 23.8 Å². The molecule has 0 saturated heterocycles. The summed E-state index contributed by atoms with van der Waals surface area (Å²) in [4.78, 5) is 27.1. The summed E-state index contributed by atoms with van der Waals surface area (Å²) in [6.07, 6.45) is -2.06. The zero-order chi connectivity index (χ0) is 23.3. The van der Waals surface area contributed by atoms with E-state index < -0.39 is 23.6 Å². The number of rotatable bonds is 6. The molecule has 2 N–H and O–H groups in total. The molecule has 0 unspecified atom stereocenters. The van der Waals surface area contributed by atoms with Crippen LogP contribution in [0, 0.1) is 0 Å². The summed E-state index contributed by atoms with van der Waals surface area (Å²) in [6, 6.07) is 13.8. The van der Waals surface area contributed by atoms with Crippen molar-refractivity contribution < 1.29 is 32.6 Å². The van der Waals surface area contributed by atoms with Gasteiger partial charge < -0.3 is 15.2 Å². The van der Waals surface area contributed by atoms with Gasteiger partial charge in [0.25, 0.3) is 5.91 Å². The van der Waals surface area contributed by atoms with Gasteiger partial charge in [-0.15, -0.1) is 0 Å². The molecule has 0 fully saturated rings. The number of hydrogen-bond acceptors (Lipinski definition) is 4. The number of aliphatic carboxylic acids is 1. The van der Waals surface area contributed by atoms with Crippen molar-refractivity contribution in [1.82, 2.24) is 4.98 Å². The predicted molar refractivity (Wildman–Crippen MR) is 111 cm³/mol. The van der Waals surface area contributed by atoms with Crippen LogP contribution in [-0.4, -0.2) is 22.0 Å². The van der Waals surface area contributed by atoms with Crippen LogP contribution in [0.5, 0.6) is 11.6 Å². The molecule has 0 aliphatic carbocycles. The molecule has 3 aromatic rings. The molecular weight excluding hydrogens is 425 g/mol. The number of anilines is 1.